The molecule has 0 amide bonds. The maximum Gasteiger partial charge on any atom is 0.282 e. The molecule has 0 fully saturated rings. The predicted octanol–water partition coefficient (Wildman–Crippen LogP) is 6.58. The minimum Gasteiger partial charge on any atom is -0.338 e. The molecule has 38 heavy (non-hydrogen) atoms. The first-order chi connectivity index (χ1) is 17.9. The molecule has 0 aliphatic carbocycles. The van der Waals surface area contributed by atoms with Crippen LogP contribution in [0.15, 0.2) is 94.9 Å². The van der Waals surface area contributed by atoms with Gasteiger partial charge in [0.2, 0.25) is 0 Å². The molecular formula is C32H38N4SY+2. The van der Waals surface area contributed by atoms with Crippen LogP contribution in [0.25, 0.3) is 22.7 Å². The van der Waals surface area contributed by atoms with Crippen molar-refractivity contribution in [2.75, 3.05) is 57.6 Å². The number of nitrogens with zero attached hydrogens (tertiary/aromatic N) is 4. The quantitative estimate of drug-likeness (QED) is 0.168. The summed E-state index contributed by atoms with van der Waals surface area (Å²) in [4.78, 5) is 6.16. The topological polar surface area (TPSA) is 10.4 Å². The number of pyridine rings is 1. The van der Waals surface area contributed by atoms with Gasteiger partial charge in [-0.2, -0.15) is 4.57 Å². The van der Waals surface area contributed by atoms with Crippen molar-refractivity contribution in [3.8, 4) is 5.69 Å². The molecule has 6 heteroatoms. The second-order valence-electron chi connectivity index (χ2n) is 10.7. The van der Waals surface area contributed by atoms with Gasteiger partial charge in [-0.3, -0.25) is 4.90 Å². The molecule has 0 saturated heterocycles. The van der Waals surface area contributed by atoms with E-state index in [1.165, 1.54) is 43.6 Å². The SMILES string of the molecule is CCN(CCC[N+](C)(C)C)c1cc(C=C2Sc3ccccc3N2C)c2ccccc2[n+]1-c1ccccc1.[Y]. The van der Waals surface area contributed by atoms with Gasteiger partial charge in [0, 0.05) is 62.5 Å². The fourth-order valence-corrected chi connectivity index (χ4v) is 6.17. The van der Waals surface area contributed by atoms with Gasteiger partial charge >= 0.3 is 0 Å². The van der Waals surface area contributed by atoms with E-state index in [1.54, 1.807) is 0 Å². The summed E-state index contributed by atoms with van der Waals surface area (Å²) in [6.07, 6.45) is 3.51. The molecule has 193 valence electrons. The van der Waals surface area contributed by atoms with Crippen molar-refractivity contribution in [3.63, 3.8) is 0 Å². The van der Waals surface area contributed by atoms with Gasteiger partial charge in [0.25, 0.3) is 5.82 Å². The fourth-order valence-electron chi connectivity index (χ4n) is 5.07. The van der Waals surface area contributed by atoms with Crippen molar-refractivity contribution in [1.82, 2.24) is 0 Å². The van der Waals surface area contributed by atoms with Gasteiger partial charge in [-0.25, -0.2) is 0 Å². The van der Waals surface area contributed by atoms with E-state index in [-0.39, 0.29) is 32.7 Å². The van der Waals surface area contributed by atoms with Crippen LogP contribution in [0, 0.1) is 0 Å². The number of aromatic nitrogens is 1. The summed E-state index contributed by atoms with van der Waals surface area (Å²) in [5.41, 5.74) is 4.95. The van der Waals surface area contributed by atoms with E-state index in [0.29, 0.717) is 0 Å². The largest absolute Gasteiger partial charge is 0.338 e. The Morgan fingerprint density at radius 1 is 0.921 bits per heavy atom. The smallest absolute Gasteiger partial charge is 0.282 e. The molecule has 0 saturated carbocycles. The number of para-hydroxylation sites is 3. The molecule has 1 radical (unpaired) electrons. The molecule has 4 nitrogen and oxygen atoms in total. The summed E-state index contributed by atoms with van der Waals surface area (Å²) >= 11 is 1.85. The van der Waals surface area contributed by atoms with Gasteiger partial charge < -0.3 is 9.38 Å². The molecule has 0 bridgehead atoms. The van der Waals surface area contributed by atoms with E-state index in [4.69, 9.17) is 0 Å². The Hall–Kier alpha value is -2.18. The van der Waals surface area contributed by atoms with Gasteiger partial charge in [0.1, 0.15) is 11.2 Å². The third kappa shape index (κ3) is 6.17. The zero-order chi connectivity index (χ0) is 26.0. The Morgan fingerprint density at radius 2 is 1.61 bits per heavy atom. The van der Waals surface area contributed by atoms with Crippen molar-refractivity contribution in [2.45, 2.75) is 18.2 Å². The van der Waals surface area contributed by atoms with Crippen LogP contribution < -0.4 is 14.4 Å². The minimum atomic E-state index is 0. The van der Waals surface area contributed by atoms with E-state index in [9.17, 15) is 0 Å². The molecule has 0 unspecified atom stereocenters. The second kappa shape index (κ2) is 12.3. The van der Waals surface area contributed by atoms with Crippen LogP contribution in [0.5, 0.6) is 0 Å². The summed E-state index contributed by atoms with van der Waals surface area (Å²) in [6.45, 7) is 5.39. The second-order valence-corrected chi connectivity index (χ2v) is 11.8. The van der Waals surface area contributed by atoms with Crippen molar-refractivity contribution in [1.29, 1.82) is 0 Å². The van der Waals surface area contributed by atoms with Crippen molar-refractivity contribution in [3.05, 3.63) is 95.5 Å². The van der Waals surface area contributed by atoms with E-state index in [0.717, 1.165) is 30.5 Å². The average Bonchev–Trinajstić information content (AvgIpc) is 3.21. The van der Waals surface area contributed by atoms with Crippen LogP contribution >= 0.6 is 11.8 Å². The number of hydrogen-bond donors (Lipinski definition) is 0. The van der Waals surface area contributed by atoms with Crippen molar-refractivity contribution < 1.29 is 41.8 Å². The molecule has 0 spiro atoms. The third-order valence-corrected chi connectivity index (χ3v) is 8.16. The van der Waals surface area contributed by atoms with Gasteiger partial charge in [-0.15, -0.1) is 0 Å². The predicted molar refractivity (Wildman–Crippen MR) is 160 cm³/mol. The number of quaternary nitrogens is 1. The van der Waals surface area contributed by atoms with Gasteiger partial charge in [-0.05, 0) is 48.9 Å². The molecule has 1 aliphatic heterocycles. The number of rotatable bonds is 8. The molecule has 3 aromatic carbocycles. The standard InChI is InChI=1S/C32H38N4S.Y/c1-6-34(21-14-22-36(3,4)5)31-23-25(24-32-33(2)29-19-12-13-20-30(29)37-32)27-17-10-11-18-28(27)35(31)26-15-8-7-9-16-26;/h7-13,15-20,23-24H,6,14,21-22H2,1-5H3;/q+2;. The summed E-state index contributed by atoms with van der Waals surface area (Å²) in [5, 5.41) is 2.51. The Kier molecular flexibility index (Phi) is 9.36. The zero-order valence-electron chi connectivity index (χ0n) is 23.3. The van der Waals surface area contributed by atoms with Crippen LogP contribution in [0.3, 0.4) is 0 Å². The van der Waals surface area contributed by atoms with E-state index >= 15 is 0 Å². The van der Waals surface area contributed by atoms with E-state index in [1.807, 2.05) is 11.8 Å². The fraction of sp³-hybridized carbons (Fsp3) is 0.281. The van der Waals surface area contributed by atoms with Crippen LogP contribution in [0.4, 0.5) is 11.5 Å². The normalized spacial score (nSPS) is 14.0. The maximum absolute atomic E-state index is 2.54. The summed E-state index contributed by atoms with van der Waals surface area (Å²) in [7, 11) is 8.99. The average molecular weight is 600 g/mol. The Bertz CT molecular complexity index is 1430. The zero-order valence-corrected chi connectivity index (χ0v) is 26.9. The van der Waals surface area contributed by atoms with Crippen molar-refractivity contribution in [2.24, 2.45) is 0 Å². The Labute approximate surface area is 257 Å². The summed E-state index contributed by atoms with van der Waals surface area (Å²) in [5.74, 6) is 1.24. The van der Waals surface area contributed by atoms with Gasteiger partial charge in [0.15, 0.2) is 0 Å². The van der Waals surface area contributed by atoms with Crippen LogP contribution in [0.2, 0.25) is 0 Å². The summed E-state index contributed by atoms with van der Waals surface area (Å²) < 4.78 is 3.42. The van der Waals surface area contributed by atoms with Crippen LogP contribution in [-0.2, 0) is 32.7 Å². The molecule has 4 aromatic rings. The van der Waals surface area contributed by atoms with Gasteiger partial charge in [0.05, 0.1) is 51.5 Å². The number of thioether (sulfide) groups is 1. The molecule has 2 heterocycles. The van der Waals surface area contributed by atoms with Crippen LogP contribution in [0.1, 0.15) is 18.9 Å². The third-order valence-electron chi connectivity index (χ3n) is 7.00. The molecule has 1 aromatic heterocycles. The monoisotopic (exact) mass is 599 g/mol. The minimum absolute atomic E-state index is 0. The molecule has 1 aliphatic rings. The first kappa shape index (κ1) is 28.8. The number of fused-ring (bicyclic) bond motifs is 2. The Morgan fingerprint density at radius 3 is 2.32 bits per heavy atom. The van der Waals surface area contributed by atoms with Crippen LogP contribution in [-0.4, -0.2) is 52.3 Å². The maximum atomic E-state index is 2.54. The molecule has 0 atom stereocenters. The number of benzene rings is 3. The number of hydrogen-bond acceptors (Lipinski definition) is 3. The molecule has 0 N–H and O–H groups in total. The van der Waals surface area contributed by atoms with Gasteiger partial charge in [-0.1, -0.05) is 60.3 Å². The van der Waals surface area contributed by atoms with Crippen molar-refractivity contribution >= 4 is 40.2 Å². The molecular weight excluding hydrogens is 561 g/mol. The summed E-state index contributed by atoms with van der Waals surface area (Å²) in [6, 6.07) is 30.6. The molecule has 5 rings (SSSR count). The number of anilines is 2. The first-order valence-electron chi connectivity index (χ1n) is 13.2. The van der Waals surface area contributed by atoms with E-state index in [2.05, 4.69) is 140 Å². The van der Waals surface area contributed by atoms with E-state index < -0.39 is 0 Å². The first-order valence-corrected chi connectivity index (χ1v) is 14.0. The Balaban J connectivity index is 0.00000336.